The van der Waals surface area contributed by atoms with Crippen molar-refractivity contribution in [3.8, 4) is 16.8 Å². The summed E-state index contributed by atoms with van der Waals surface area (Å²) in [7, 11) is 3.78. The molecule has 0 N–H and O–H groups in total. The van der Waals surface area contributed by atoms with Gasteiger partial charge in [0.2, 0.25) is 5.95 Å². The molecular weight excluding hydrogens is 445 g/mol. The standard InChI is InChI=1S/C26H26FN7O/c1-32(2)26-28-14-23(18-6-3-9-21(27)12-18)24(31-26)20-8-5-11-33(15-20)25(35)19-7-4-10-22(13-19)34-16-29-30-17-34/h3-4,6-7,9-10,12-14,16-17,20H,5,8,11,15H2,1-2H3/t20-/m1/s1. The smallest absolute Gasteiger partial charge is 0.253 e. The fourth-order valence-electron chi connectivity index (χ4n) is 4.49. The number of likely N-dealkylation sites (tertiary alicyclic amines) is 1. The van der Waals surface area contributed by atoms with Gasteiger partial charge in [-0.05, 0) is 48.7 Å². The summed E-state index contributed by atoms with van der Waals surface area (Å²) in [5.74, 6) is 0.260. The van der Waals surface area contributed by atoms with E-state index in [4.69, 9.17) is 4.98 Å². The Balaban J connectivity index is 1.45. The van der Waals surface area contributed by atoms with Gasteiger partial charge in [0.1, 0.15) is 18.5 Å². The minimum absolute atomic E-state index is 0.00805. The summed E-state index contributed by atoms with van der Waals surface area (Å²) in [6, 6.07) is 13.9. The van der Waals surface area contributed by atoms with Gasteiger partial charge in [-0.15, -0.1) is 10.2 Å². The third-order valence-corrected chi connectivity index (χ3v) is 6.25. The Morgan fingerprint density at radius 2 is 1.89 bits per heavy atom. The molecule has 5 rings (SSSR count). The molecule has 0 saturated carbocycles. The van der Waals surface area contributed by atoms with Crippen LogP contribution in [0.1, 0.15) is 34.8 Å². The summed E-state index contributed by atoms with van der Waals surface area (Å²) < 4.78 is 15.8. The second kappa shape index (κ2) is 9.61. The lowest BCUT2D eigenvalue weighted by Gasteiger charge is -2.33. The van der Waals surface area contributed by atoms with E-state index in [-0.39, 0.29) is 17.6 Å². The predicted octanol–water partition coefficient (Wildman–Crippen LogP) is 3.95. The zero-order chi connectivity index (χ0) is 24.4. The van der Waals surface area contributed by atoms with Gasteiger partial charge in [-0.25, -0.2) is 14.4 Å². The van der Waals surface area contributed by atoms with E-state index in [2.05, 4.69) is 15.2 Å². The van der Waals surface area contributed by atoms with Gasteiger partial charge in [-0.2, -0.15) is 0 Å². The maximum absolute atomic E-state index is 14.0. The van der Waals surface area contributed by atoms with Crippen LogP contribution in [0.4, 0.5) is 10.3 Å². The molecule has 0 radical (unpaired) electrons. The molecule has 8 nitrogen and oxygen atoms in total. The molecular formula is C26H26FN7O. The number of halogens is 1. The summed E-state index contributed by atoms with van der Waals surface area (Å²) in [4.78, 5) is 26.5. The summed E-state index contributed by atoms with van der Waals surface area (Å²) >= 11 is 0. The molecule has 3 heterocycles. The lowest BCUT2D eigenvalue weighted by Crippen LogP contribution is -2.39. The number of amides is 1. The van der Waals surface area contributed by atoms with Gasteiger partial charge in [-0.1, -0.05) is 18.2 Å². The van der Waals surface area contributed by atoms with Crippen LogP contribution in [0, 0.1) is 5.82 Å². The number of carbonyl (C=O) groups excluding carboxylic acids is 1. The molecule has 178 valence electrons. The van der Waals surface area contributed by atoms with Crippen LogP contribution in [0.25, 0.3) is 16.8 Å². The molecule has 1 saturated heterocycles. The number of benzene rings is 2. The van der Waals surface area contributed by atoms with Crippen molar-refractivity contribution in [3.05, 3.63) is 84.5 Å². The molecule has 1 fully saturated rings. The van der Waals surface area contributed by atoms with E-state index < -0.39 is 0 Å². The Hall–Kier alpha value is -4.14. The van der Waals surface area contributed by atoms with Crippen molar-refractivity contribution in [2.24, 2.45) is 0 Å². The Bertz CT molecular complexity index is 1340. The minimum atomic E-state index is -0.307. The van der Waals surface area contributed by atoms with Crippen molar-refractivity contribution >= 4 is 11.9 Å². The molecule has 9 heteroatoms. The van der Waals surface area contributed by atoms with Gasteiger partial charge in [-0.3, -0.25) is 9.36 Å². The molecule has 4 aromatic rings. The van der Waals surface area contributed by atoms with Crippen molar-refractivity contribution in [2.75, 3.05) is 32.1 Å². The average Bonchev–Trinajstić information content (AvgIpc) is 3.43. The van der Waals surface area contributed by atoms with Crippen LogP contribution >= 0.6 is 0 Å². The van der Waals surface area contributed by atoms with Gasteiger partial charge in [0.15, 0.2) is 0 Å². The van der Waals surface area contributed by atoms with E-state index in [1.54, 1.807) is 29.5 Å². The van der Waals surface area contributed by atoms with E-state index in [1.807, 2.05) is 54.2 Å². The van der Waals surface area contributed by atoms with E-state index in [9.17, 15) is 9.18 Å². The summed E-state index contributed by atoms with van der Waals surface area (Å²) in [5.41, 5.74) is 3.80. The van der Waals surface area contributed by atoms with Crippen molar-refractivity contribution in [3.63, 3.8) is 0 Å². The van der Waals surface area contributed by atoms with E-state index in [0.29, 0.717) is 24.6 Å². The fourth-order valence-corrected chi connectivity index (χ4v) is 4.49. The predicted molar refractivity (Wildman–Crippen MR) is 131 cm³/mol. The van der Waals surface area contributed by atoms with E-state index in [1.165, 1.54) is 12.1 Å². The van der Waals surface area contributed by atoms with E-state index in [0.717, 1.165) is 35.3 Å². The first kappa shape index (κ1) is 22.6. The maximum atomic E-state index is 14.0. The number of anilines is 1. The zero-order valence-electron chi connectivity index (χ0n) is 19.7. The highest BCUT2D eigenvalue weighted by Gasteiger charge is 2.29. The fraction of sp³-hybridized carbons (Fsp3) is 0.269. The molecule has 35 heavy (non-hydrogen) atoms. The summed E-state index contributed by atoms with van der Waals surface area (Å²) in [6.45, 7) is 1.20. The molecule has 0 bridgehead atoms. The van der Waals surface area contributed by atoms with Gasteiger partial charge < -0.3 is 9.80 Å². The third kappa shape index (κ3) is 4.75. The Morgan fingerprint density at radius 1 is 1.09 bits per heavy atom. The first-order chi connectivity index (χ1) is 17.0. The molecule has 0 spiro atoms. The van der Waals surface area contributed by atoms with Gasteiger partial charge in [0.05, 0.1) is 5.69 Å². The number of aromatic nitrogens is 5. The number of piperidine rings is 1. The number of hydrogen-bond donors (Lipinski definition) is 0. The summed E-state index contributed by atoms with van der Waals surface area (Å²) in [6.07, 6.45) is 6.70. The van der Waals surface area contributed by atoms with Gasteiger partial charge >= 0.3 is 0 Å². The van der Waals surface area contributed by atoms with Gasteiger partial charge in [0, 0.05) is 56.1 Å². The highest BCUT2D eigenvalue weighted by molar-refractivity contribution is 5.95. The number of hydrogen-bond acceptors (Lipinski definition) is 6. The van der Waals surface area contributed by atoms with Crippen molar-refractivity contribution < 1.29 is 9.18 Å². The largest absolute Gasteiger partial charge is 0.347 e. The van der Waals surface area contributed by atoms with Crippen molar-refractivity contribution in [2.45, 2.75) is 18.8 Å². The minimum Gasteiger partial charge on any atom is -0.347 e. The first-order valence-electron chi connectivity index (χ1n) is 11.5. The van der Waals surface area contributed by atoms with E-state index >= 15 is 0 Å². The Kier molecular flexibility index (Phi) is 6.22. The van der Waals surface area contributed by atoms with Crippen LogP contribution < -0.4 is 4.90 Å². The van der Waals surface area contributed by atoms with Crippen LogP contribution in [0.3, 0.4) is 0 Å². The Morgan fingerprint density at radius 3 is 2.66 bits per heavy atom. The SMILES string of the molecule is CN(C)c1ncc(-c2cccc(F)c2)c([C@@H]2CCCN(C(=O)c3cccc(-n4cnnc4)c3)C2)n1. The third-order valence-electron chi connectivity index (χ3n) is 6.25. The molecule has 1 amide bonds. The molecule has 2 aromatic heterocycles. The van der Waals surface area contributed by atoms with Crippen LogP contribution in [-0.2, 0) is 0 Å². The first-order valence-corrected chi connectivity index (χ1v) is 11.5. The van der Waals surface area contributed by atoms with Crippen molar-refractivity contribution in [1.82, 2.24) is 29.6 Å². The topological polar surface area (TPSA) is 80.0 Å². The van der Waals surface area contributed by atoms with Crippen molar-refractivity contribution in [1.29, 1.82) is 0 Å². The van der Waals surface area contributed by atoms with Crippen LogP contribution in [0.15, 0.2) is 67.4 Å². The highest BCUT2D eigenvalue weighted by Crippen LogP contribution is 2.34. The normalized spacial score (nSPS) is 15.7. The quantitative estimate of drug-likeness (QED) is 0.439. The van der Waals surface area contributed by atoms with Crippen LogP contribution in [-0.4, -0.2) is 62.7 Å². The maximum Gasteiger partial charge on any atom is 0.253 e. The van der Waals surface area contributed by atoms with Crippen LogP contribution in [0.5, 0.6) is 0 Å². The number of carbonyl (C=O) groups is 1. The molecule has 2 aromatic carbocycles. The van der Waals surface area contributed by atoms with Gasteiger partial charge in [0.25, 0.3) is 5.91 Å². The number of nitrogens with zero attached hydrogens (tertiary/aromatic N) is 7. The second-order valence-corrected chi connectivity index (χ2v) is 8.88. The van der Waals surface area contributed by atoms with Crippen LogP contribution in [0.2, 0.25) is 0 Å². The molecule has 0 unspecified atom stereocenters. The lowest BCUT2D eigenvalue weighted by molar-refractivity contribution is 0.0706. The second-order valence-electron chi connectivity index (χ2n) is 8.88. The lowest BCUT2D eigenvalue weighted by atomic mass is 9.89. The highest BCUT2D eigenvalue weighted by atomic mass is 19.1. The average molecular weight is 472 g/mol. The molecule has 1 atom stereocenters. The Labute approximate surface area is 203 Å². The molecule has 1 aliphatic rings. The number of rotatable bonds is 5. The zero-order valence-corrected chi connectivity index (χ0v) is 19.7. The monoisotopic (exact) mass is 471 g/mol. The molecule has 0 aliphatic carbocycles. The summed E-state index contributed by atoms with van der Waals surface area (Å²) in [5, 5.41) is 7.69. The molecule has 1 aliphatic heterocycles.